The predicted molar refractivity (Wildman–Crippen MR) is 97.9 cm³/mol. The zero-order valence-corrected chi connectivity index (χ0v) is 15.2. The largest absolute Gasteiger partial charge is 0.279 e. The topological polar surface area (TPSA) is 53.5 Å². The van der Waals surface area contributed by atoms with Crippen LogP contribution in [0.5, 0.6) is 0 Å². The molecule has 25 heavy (non-hydrogen) atoms. The van der Waals surface area contributed by atoms with Crippen LogP contribution in [0.15, 0.2) is 36.4 Å². The highest BCUT2D eigenvalue weighted by molar-refractivity contribution is 7.18. The van der Waals surface area contributed by atoms with Crippen molar-refractivity contribution in [2.24, 2.45) is 11.8 Å². The molecule has 2 heterocycles. The van der Waals surface area contributed by atoms with Crippen LogP contribution in [-0.2, 0) is 9.59 Å². The van der Waals surface area contributed by atoms with Crippen molar-refractivity contribution in [3.05, 3.63) is 41.4 Å². The molecule has 2 amide bonds. The second-order valence-corrected chi connectivity index (χ2v) is 7.92. The Bertz CT molecular complexity index is 800. The average molecular weight is 355 g/mol. The molecule has 0 radical (unpaired) electrons. The van der Waals surface area contributed by atoms with Gasteiger partial charge in [-0.15, -0.1) is 11.3 Å². The van der Waals surface area contributed by atoms with E-state index in [2.05, 4.69) is 13.0 Å². The molecule has 0 N–H and O–H groups in total. The summed E-state index contributed by atoms with van der Waals surface area (Å²) in [4.78, 5) is 33.4. The van der Waals surface area contributed by atoms with Crippen molar-refractivity contribution >= 4 is 33.4 Å². The van der Waals surface area contributed by atoms with Gasteiger partial charge in [0.25, 0.3) is 0 Å². The second kappa shape index (κ2) is 6.35. The van der Waals surface area contributed by atoms with E-state index >= 15 is 0 Å². The van der Waals surface area contributed by atoms with Gasteiger partial charge in [0.15, 0.2) is 0 Å². The summed E-state index contributed by atoms with van der Waals surface area (Å²) in [7, 11) is 1.94. The van der Waals surface area contributed by atoms with Crippen LogP contribution in [-0.4, -0.2) is 40.3 Å². The number of aromatic nitrogens is 1. The number of allylic oxidation sites excluding steroid dienone is 2. The normalized spacial score (nSPS) is 24.4. The van der Waals surface area contributed by atoms with Gasteiger partial charge in [-0.25, -0.2) is 4.98 Å². The minimum Gasteiger partial charge on any atom is -0.279 e. The lowest BCUT2D eigenvalue weighted by molar-refractivity contribution is -0.142. The van der Waals surface area contributed by atoms with Crippen LogP contribution in [0.3, 0.4) is 0 Å². The van der Waals surface area contributed by atoms with Gasteiger partial charge in [-0.2, -0.15) is 0 Å². The van der Waals surface area contributed by atoms with E-state index in [0.29, 0.717) is 19.5 Å². The van der Waals surface area contributed by atoms with Gasteiger partial charge in [0.2, 0.25) is 11.8 Å². The van der Waals surface area contributed by atoms with E-state index in [1.54, 1.807) is 11.3 Å². The van der Waals surface area contributed by atoms with Crippen molar-refractivity contribution in [3.63, 3.8) is 0 Å². The van der Waals surface area contributed by atoms with E-state index in [-0.39, 0.29) is 29.7 Å². The lowest BCUT2D eigenvalue weighted by Crippen LogP contribution is -2.41. The van der Waals surface area contributed by atoms with Gasteiger partial charge in [-0.05, 0) is 38.9 Å². The summed E-state index contributed by atoms with van der Waals surface area (Å²) < 4.78 is 1.16. The zero-order valence-electron chi connectivity index (χ0n) is 14.4. The van der Waals surface area contributed by atoms with Gasteiger partial charge < -0.3 is 0 Å². The number of fused-ring (bicyclic) bond motifs is 2. The number of hydrogen-bond acceptors (Lipinski definition) is 5. The van der Waals surface area contributed by atoms with E-state index in [0.717, 1.165) is 15.2 Å². The Labute approximate surface area is 150 Å². The highest BCUT2D eigenvalue weighted by Crippen LogP contribution is 2.36. The first-order chi connectivity index (χ1) is 12.1. The van der Waals surface area contributed by atoms with Gasteiger partial charge in [0, 0.05) is 0 Å². The van der Waals surface area contributed by atoms with Crippen LogP contribution in [0, 0.1) is 11.8 Å². The van der Waals surface area contributed by atoms with Crippen LogP contribution >= 0.6 is 11.3 Å². The number of likely N-dealkylation sites (tertiary alicyclic amines) is 1. The molecule has 5 nitrogen and oxygen atoms in total. The first-order valence-corrected chi connectivity index (χ1v) is 9.44. The number of rotatable bonds is 4. The Morgan fingerprint density at radius 2 is 1.84 bits per heavy atom. The molecular weight excluding hydrogens is 334 g/mol. The third-order valence-corrected chi connectivity index (χ3v) is 6.50. The van der Waals surface area contributed by atoms with E-state index in [4.69, 9.17) is 4.98 Å². The second-order valence-electron chi connectivity index (χ2n) is 6.85. The summed E-state index contributed by atoms with van der Waals surface area (Å²) in [6, 6.07) is 8.11. The van der Waals surface area contributed by atoms with E-state index in [1.165, 1.54) is 4.90 Å². The molecule has 2 aliphatic rings. The van der Waals surface area contributed by atoms with Gasteiger partial charge >= 0.3 is 0 Å². The van der Waals surface area contributed by atoms with Crippen molar-refractivity contribution in [1.29, 1.82) is 0 Å². The maximum absolute atomic E-state index is 12.6. The fourth-order valence-corrected chi connectivity index (χ4v) is 4.70. The molecule has 0 unspecified atom stereocenters. The summed E-state index contributed by atoms with van der Waals surface area (Å²) in [6.07, 6.45) is 5.40. The summed E-state index contributed by atoms with van der Waals surface area (Å²) in [5, 5.41) is 1.00. The fraction of sp³-hybridized carbons (Fsp3) is 0.421. The van der Waals surface area contributed by atoms with Crippen LogP contribution in [0.1, 0.15) is 30.8 Å². The Hall–Kier alpha value is -2.05. The molecule has 1 aliphatic heterocycles. The highest BCUT2D eigenvalue weighted by atomic mass is 32.1. The number of benzene rings is 1. The number of para-hydroxylation sites is 1. The molecule has 0 saturated carbocycles. The molecule has 1 fully saturated rings. The first kappa shape index (κ1) is 16.4. The van der Waals surface area contributed by atoms with Gasteiger partial charge in [-0.3, -0.25) is 19.4 Å². The molecule has 130 valence electrons. The molecule has 1 aliphatic carbocycles. The van der Waals surface area contributed by atoms with E-state index < -0.39 is 0 Å². The molecule has 1 saturated heterocycles. The summed E-state index contributed by atoms with van der Waals surface area (Å²) in [5.74, 6) is -0.377. The Morgan fingerprint density at radius 3 is 2.48 bits per heavy atom. The molecule has 0 bridgehead atoms. The molecule has 3 atom stereocenters. The van der Waals surface area contributed by atoms with Crippen molar-refractivity contribution in [3.8, 4) is 0 Å². The highest BCUT2D eigenvalue weighted by Gasteiger charge is 2.47. The fourth-order valence-electron chi connectivity index (χ4n) is 3.61. The molecule has 0 spiro atoms. The van der Waals surface area contributed by atoms with Crippen LogP contribution in [0.4, 0.5) is 0 Å². The number of carbonyl (C=O) groups is 2. The van der Waals surface area contributed by atoms with Gasteiger partial charge in [0.1, 0.15) is 5.01 Å². The number of thiazole rings is 1. The van der Waals surface area contributed by atoms with Crippen molar-refractivity contribution in [2.45, 2.75) is 25.8 Å². The van der Waals surface area contributed by atoms with E-state index in [9.17, 15) is 9.59 Å². The number of imide groups is 1. The van der Waals surface area contributed by atoms with Crippen molar-refractivity contribution < 1.29 is 9.59 Å². The average Bonchev–Trinajstić information content (AvgIpc) is 3.17. The molecule has 1 aromatic carbocycles. The third-order valence-electron chi connectivity index (χ3n) is 5.29. The number of hydrogen-bond donors (Lipinski definition) is 0. The SMILES string of the molecule is C[C@H](c1nc2ccccc2s1)N(C)CN1C(=O)[C@H]2CC=CC[C@H]2C1=O. The molecule has 1 aromatic heterocycles. The molecule has 6 heteroatoms. The smallest absolute Gasteiger partial charge is 0.234 e. The Balaban J connectivity index is 1.50. The maximum Gasteiger partial charge on any atom is 0.234 e. The summed E-state index contributed by atoms with van der Waals surface area (Å²) in [5.41, 5.74) is 0.994. The number of nitrogens with zero attached hydrogens (tertiary/aromatic N) is 3. The maximum atomic E-state index is 12.6. The van der Waals surface area contributed by atoms with Crippen molar-refractivity contribution in [2.75, 3.05) is 13.7 Å². The first-order valence-electron chi connectivity index (χ1n) is 8.62. The lowest BCUT2D eigenvalue weighted by Gasteiger charge is -2.27. The quantitative estimate of drug-likeness (QED) is 0.624. The Morgan fingerprint density at radius 1 is 1.20 bits per heavy atom. The molecule has 2 aromatic rings. The van der Waals surface area contributed by atoms with Crippen LogP contribution < -0.4 is 0 Å². The lowest BCUT2D eigenvalue weighted by atomic mass is 9.85. The molecule has 4 rings (SSSR count). The number of amides is 2. The van der Waals surface area contributed by atoms with Crippen molar-refractivity contribution in [1.82, 2.24) is 14.8 Å². The van der Waals surface area contributed by atoms with Crippen LogP contribution in [0.2, 0.25) is 0 Å². The number of carbonyl (C=O) groups excluding carboxylic acids is 2. The Kier molecular flexibility index (Phi) is 4.17. The molecular formula is C19H21N3O2S. The summed E-state index contributed by atoms with van der Waals surface area (Å²) >= 11 is 1.66. The standard InChI is InChI=1S/C19H21N3O2S/c1-12(17-20-15-9-5-6-10-16(15)25-17)21(2)11-22-18(23)13-7-3-4-8-14(13)19(22)24/h3-6,9-10,12-14H,7-8,11H2,1-2H3/t12-,13-,14+/m1/s1. The zero-order chi connectivity index (χ0) is 17.6. The van der Waals surface area contributed by atoms with Gasteiger partial charge in [-0.1, -0.05) is 24.3 Å². The monoisotopic (exact) mass is 355 g/mol. The summed E-state index contributed by atoms with van der Waals surface area (Å²) in [6.45, 7) is 2.39. The van der Waals surface area contributed by atoms with E-state index in [1.807, 2.05) is 42.3 Å². The third kappa shape index (κ3) is 2.79. The minimum absolute atomic E-state index is 0.0253. The van der Waals surface area contributed by atoms with Crippen LogP contribution in [0.25, 0.3) is 10.2 Å². The van der Waals surface area contributed by atoms with Gasteiger partial charge in [0.05, 0.1) is 34.8 Å². The minimum atomic E-state index is -0.163. The predicted octanol–water partition coefficient (Wildman–Crippen LogP) is 3.20.